The molecule has 0 bridgehead atoms. The standard InChI is InChI=1S/C12H13ClN2O5S/c1-8-11(13)5-10(6-12(8)15(17)18)21(19,20)14-4-2-3-9(16)7-14/h5-6H,2-4,7H2,1H3. The maximum Gasteiger partial charge on any atom is 0.275 e. The number of carbonyl (C=O) groups excluding carboxylic acids is 1. The number of sulfonamides is 1. The van der Waals surface area contributed by atoms with E-state index in [1.54, 1.807) is 0 Å². The Bertz CT molecular complexity index is 717. The van der Waals surface area contributed by atoms with Crippen LogP contribution in [-0.2, 0) is 14.8 Å². The number of halogens is 1. The van der Waals surface area contributed by atoms with Gasteiger partial charge in [0.2, 0.25) is 10.0 Å². The summed E-state index contributed by atoms with van der Waals surface area (Å²) in [7, 11) is -3.97. The van der Waals surface area contributed by atoms with Crippen molar-refractivity contribution in [2.75, 3.05) is 13.1 Å². The van der Waals surface area contributed by atoms with E-state index in [9.17, 15) is 23.3 Å². The molecule has 0 spiro atoms. The zero-order valence-electron chi connectivity index (χ0n) is 11.2. The number of hydrogen-bond acceptors (Lipinski definition) is 5. The number of ketones is 1. The smallest absolute Gasteiger partial charge is 0.275 e. The molecule has 0 amide bonds. The molecule has 0 aromatic heterocycles. The molecule has 2 rings (SSSR count). The molecule has 1 aliphatic rings. The van der Waals surface area contributed by atoms with Gasteiger partial charge in [-0.1, -0.05) is 11.6 Å². The van der Waals surface area contributed by atoms with E-state index >= 15 is 0 Å². The number of carbonyl (C=O) groups is 1. The topological polar surface area (TPSA) is 97.6 Å². The highest BCUT2D eigenvalue weighted by Crippen LogP contribution is 2.31. The molecule has 0 N–H and O–H groups in total. The Labute approximate surface area is 126 Å². The van der Waals surface area contributed by atoms with Crippen molar-refractivity contribution in [1.82, 2.24) is 4.31 Å². The summed E-state index contributed by atoms with van der Waals surface area (Å²) >= 11 is 5.88. The Morgan fingerprint density at radius 3 is 2.62 bits per heavy atom. The Kier molecular flexibility index (Phi) is 4.31. The maximum absolute atomic E-state index is 12.5. The minimum absolute atomic E-state index is 0.00566. The molecule has 7 nitrogen and oxygen atoms in total. The Balaban J connectivity index is 2.50. The van der Waals surface area contributed by atoms with Gasteiger partial charge in [-0.3, -0.25) is 14.9 Å². The Morgan fingerprint density at radius 2 is 2.05 bits per heavy atom. The van der Waals surface area contributed by atoms with Crippen LogP contribution in [-0.4, -0.2) is 36.5 Å². The molecule has 0 radical (unpaired) electrons. The van der Waals surface area contributed by atoms with E-state index in [0.29, 0.717) is 12.8 Å². The molecule has 1 aliphatic heterocycles. The van der Waals surface area contributed by atoms with Gasteiger partial charge in [-0.15, -0.1) is 0 Å². The van der Waals surface area contributed by atoms with Gasteiger partial charge in [0.1, 0.15) is 5.78 Å². The summed E-state index contributed by atoms with van der Waals surface area (Å²) in [5.41, 5.74) is -0.153. The normalized spacial score (nSPS) is 17.0. The minimum Gasteiger partial charge on any atom is -0.298 e. The van der Waals surface area contributed by atoms with E-state index < -0.39 is 14.9 Å². The van der Waals surface area contributed by atoms with Crippen LogP contribution in [0.25, 0.3) is 0 Å². The van der Waals surface area contributed by atoms with Crippen molar-refractivity contribution in [3.8, 4) is 0 Å². The predicted molar refractivity (Wildman–Crippen MR) is 75.8 cm³/mol. The molecule has 9 heteroatoms. The summed E-state index contributed by atoms with van der Waals surface area (Å²) in [5.74, 6) is -0.169. The van der Waals surface area contributed by atoms with Gasteiger partial charge in [-0.25, -0.2) is 8.42 Å². The fourth-order valence-corrected chi connectivity index (χ4v) is 3.93. The van der Waals surface area contributed by atoms with Crippen LogP contribution >= 0.6 is 11.6 Å². The summed E-state index contributed by atoms with van der Waals surface area (Å²) in [5, 5.41) is 11.0. The van der Waals surface area contributed by atoms with Crippen LogP contribution in [0.2, 0.25) is 5.02 Å². The van der Waals surface area contributed by atoms with Crippen LogP contribution in [0.3, 0.4) is 0 Å². The average molecular weight is 333 g/mol. The van der Waals surface area contributed by atoms with E-state index in [1.807, 2.05) is 0 Å². The molecule has 0 saturated carbocycles. The lowest BCUT2D eigenvalue weighted by atomic mass is 10.1. The minimum atomic E-state index is -3.97. The zero-order chi connectivity index (χ0) is 15.8. The third-order valence-electron chi connectivity index (χ3n) is 3.34. The van der Waals surface area contributed by atoms with Crippen molar-refractivity contribution >= 4 is 33.1 Å². The first kappa shape index (κ1) is 15.9. The first-order valence-electron chi connectivity index (χ1n) is 6.20. The molecule has 0 unspecified atom stereocenters. The van der Waals surface area contributed by atoms with Gasteiger partial charge < -0.3 is 0 Å². The van der Waals surface area contributed by atoms with Gasteiger partial charge in [-0.2, -0.15) is 4.31 Å². The maximum atomic E-state index is 12.5. The van der Waals surface area contributed by atoms with Gasteiger partial charge in [0.05, 0.1) is 21.4 Å². The van der Waals surface area contributed by atoms with Crippen LogP contribution in [0.1, 0.15) is 18.4 Å². The van der Waals surface area contributed by atoms with Crippen molar-refractivity contribution in [2.24, 2.45) is 0 Å². The SMILES string of the molecule is Cc1c(Cl)cc(S(=O)(=O)N2CCCC(=O)C2)cc1[N+](=O)[O-]. The van der Waals surface area contributed by atoms with Gasteiger partial charge in [0.25, 0.3) is 5.69 Å². The van der Waals surface area contributed by atoms with E-state index in [4.69, 9.17) is 11.6 Å². The molecule has 1 aromatic rings. The zero-order valence-corrected chi connectivity index (χ0v) is 12.8. The van der Waals surface area contributed by atoms with Crippen molar-refractivity contribution in [3.63, 3.8) is 0 Å². The first-order valence-corrected chi connectivity index (χ1v) is 8.01. The molecular formula is C12H13ClN2O5S. The molecule has 1 aromatic carbocycles. The molecule has 0 aliphatic carbocycles. The summed E-state index contributed by atoms with van der Waals surface area (Å²) in [6.45, 7) is 1.45. The number of hydrogen-bond donors (Lipinski definition) is 0. The fourth-order valence-electron chi connectivity index (χ4n) is 2.14. The summed E-state index contributed by atoms with van der Waals surface area (Å²) in [4.78, 5) is 21.4. The van der Waals surface area contributed by atoms with Crippen LogP contribution in [0.5, 0.6) is 0 Å². The second-order valence-corrected chi connectivity index (χ2v) is 7.13. The summed E-state index contributed by atoms with van der Waals surface area (Å²) in [6, 6.07) is 2.16. The Hall–Kier alpha value is -1.51. The fraction of sp³-hybridized carbons (Fsp3) is 0.417. The predicted octanol–water partition coefficient (Wildman–Crippen LogP) is 1.91. The van der Waals surface area contributed by atoms with E-state index in [2.05, 4.69) is 0 Å². The van der Waals surface area contributed by atoms with E-state index in [-0.39, 0.29) is 40.0 Å². The Morgan fingerprint density at radius 1 is 1.38 bits per heavy atom. The molecule has 114 valence electrons. The second kappa shape index (κ2) is 5.70. The molecule has 1 fully saturated rings. The second-order valence-electron chi connectivity index (χ2n) is 4.79. The lowest BCUT2D eigenvalue weighted by molar-refractivity contribution is -0.385. The van der Waals surface area contributed by atoms with Crippen molar-refractivity contribution in [1.29, 1.82) is 0 Å². The van der Waals surface area contributed by atoms with Crippen molar-refractivity contribution in [3.05, 3.63) is 32.8 Å². The highest BCUT2D eigenvalue weighted by Gasteiger charge is 2.31. The third-order valence-corrected chi connectivity index (χ3v) is 5.56. The van der Waals surface area contributed by atoms with Crippen LogP contribution < -0.4 is 0 Å². The van der Waals surface area contributed by atoms with Crippen LogP contribution in [0.15, 0.2) is 17.0 Å². The molecular weight excluding hydrogens is 320 g/mol. The summed E-state index contributed by atoms with van der Waals surface area (Å²) in [6.07, 6.45) is 0.792. The highest BCUT2D eigenvalue weighted by molar-refractivity contribution is 7.89. The highest BCUT2D eigenvalue weighted by atomic mass is 35.5. The molecule has 1 saturated heterocycles. The van der Waals surface area contributed by atoms with Crippen molar-refractivity contribution in [2.45, 2.75) is 24.7 Å². The van der Waals surface area contributed by atoms with Crippen LogP contribution in [0.4, 0.5) is 5.69 Å². The number of nitro benzene ring substituents is 1. The van der Waals surface area contributed by atoms with Gasteiger partial charge in [0, 0.05) is 24.6 Å². The van der Waals surface area contributed by atoms with Crippen LogP contribution in [0, 0.1) is 17.0 Å². The molecule has 21 heavy (non-hydrogen) atoms. The number of benzene rings is 1. The summed E-state index contributed by atoms with van der Waals surface area (Å²) < 4.78 is 26.0. The first-order chi connectivity index (χ1) is 9.73. The lowest BCUT2D eigenvalue weighted by Gasteiger charge is -2.25. The molecule has 0 atom stereocenters. The number of nitro groups is 1. The third kappa shape index (κ3) is 3.07. The van der Waals surface area contributed by atoms with Crippen molar-refractivity contribution < 1.29 is 18.1 Å². The monoisotopic (exact) mass is 332 g/mol. The number of Topliss-reactive ketones (excluding diaryl/α,β-unsaturated/α-hetero) is 1. The lowest BCUT2D eigenvalue weighted by Crippen LogP contribution is -2.40. The average Bonchev–Trinajstić information content (AvgIpc) is 2.41. The van der Waals surface area contributed by atoms with Gasteiger partial charge in [-0.05, 0) is 19.4 Å². The number of piperidine rings is 1. The van der Waals surface area contributed by atoms with E-state index in [1.165, 1.54) is 13.0 Å². The quantitative estimate of drug-likeness (QED) is 0.622. The van der Waals surface area contributed by atoms with Gasteiger partial charge in [0.15, 0.2) is 0 Å². The molecule has 1 heterocycles. The largest absolute Gasteiger partial charge is 0.298 e. The number of rotatable bonds is 3. The number of nitrogens with zero attached hydrogens (tertiary/aromatic N) is 2. The van der Waals surface area contributed by atoms with Gasteiger partial charge >= 0.3 is 0 Å². The van der Waals surface area contributed by atoms with E-state index in [0.717, 1.165) is 10.4 Å².